The number of aliphatic hydroxyl groups excluding tert-OH is 1. The highest BCUT2D eigenvalue weighted by Crippen LogP contribution is 2.47. The Morgan fingerprint density at radius 2 is 2.00 bits per heavy atom. The summed E-state index contributed by atoms with van der Waals surface area (Å²) in [5, 5.41) is 22.4. The molecular weight excluding hydrogens is 580 g/mol. The standard InChI is InChI=1S/C35H43ClN2O6/c1-37-16-5-3-4-8-30(39)27-12-9-24(27)20-38-21-34(15-6-7-23-17-26(36)11-13-28(23)34)22-44-31-14-10-25(18-29(31)38)35(43-2,33(41)42)19-32(37)40/h4,8,10-11,13-14,17-18,24,27,30,39H,3,5-7,9,12,15-16,19-22H2,1-2H3,(H,41,42)/b8-4+/t24-,27+,30-,34-,35-/m0/s1. The molecule has 2 aliphatic carbocycles. The molecule has 6 rings (SSSR count). The average Bonchev–Trinajstić information content (AvgIpc) is 3.14. The van der Waals surface area contributed by atoms with Crippen LogP contribution in [0, 0.1) is 11.8 Å². The zero-order valence-electron chi connectivity index (χ0n) is 25.6. The van der Waals surface area contributed by atoms with E-state index in [2.05, 4.69) is 17.0 Å². The number of ether oxygens (including phenoxy) is 2. The number of hydrogen-bond acceptors (Lipinski definition) is 6. The summed E-state index contributed by atoms with van der Waals surface area (Å²) in [5.41, 5.74) is 1.57. The third-order valence-corrected chi connectivity index (χ3v) is 10.8. The molecule has 236 valence electrons. The molecule has 0 saturated heterocycles. The number of rotatable bonds is 2. The normalized spacial score (nSPS) is 31.5. The molecule has 1 spiro atoms. The Morgan fingerprint density at radius 3 is 2.75 bits per heavy atom. The zero-order valence-corrected chi connectivity index (χ0v) is 26.4. The molecule has 5 atom stereocenters. The van der Waals surface area contributed by atoms with Gasteiger partial charge in [0, 0.05) is 44.2 Å². The van der Waals surface area contributed by atoms with Crippen LogP contribution in [0.2, 0.25) is 5.02 Å². The van der Waals surface area contributed by atoms with E-state index in [0.717, 1.165) is 49.2 Å². The molecule has 1 saturated carbocycles. The van der Waals surface area contributed by atoms with Gasteiger partial charge >= 0.3 is 5.97 Å². The number of halogens is 1. The number of carbonyl (C=O) groups excluding carboxylic acids is 1. The largest absolute Gasteiger partial charge is 0.490 e. The van der Waals surface area contributed by atoms with Crippen molar-refractivity contribution >= 4 is 29.2 Å². The van der Waals surface area contributed by atoms with Gasteiger partial charge in [0.05, 0.1) is 24.8 Å². The van der Waals surface area contributed by atoms with Gasteiger partial charge in [0.2, 0.25) is 5.91 Å². The fraction of sp³-hybridized carbons (Fsp3) is 0.543. The van der Waals surface area contributed by atoms with Crippen molar-refractivity contribution in [1.29, 1.82) is 0 Å². The van der Waals surface area contributed by atoms with Gasteiger partial charge in [-0.2, -0.15) is 0 Å². The van der Waals surface area contributed by atoms with Crippen molar-refractivity contribution in [2.24, 2.45) is 11.8 Å². The molecule has 8 nitrogen and oxygen atoms in total. The summed E-state index contributed by atoms with van der Waals surface area (Å²) in [6.07, 6.45) is 9.41. The molecule has 44 heavy (non-hydrogen) atoms. The second kappa shape index (κ2) is 12.4. The molecule has 2 heterocycles. The van der Waals surface area contributed by atoms with Crippen LogP contribution in [0.3, 0.4) is 0 Å². The molecule has 0 unspecified atom stereocenters. The molecule has 2 N–H and O–H groups in total. The van der Waals surface area contributed by atoms with Crippen LogP contribution in [0.5, 0.6) is 5.75 Å². The van der Waals surface area contributed by atoms with Crippen LogP contribution in [-0.4, -0.2) is 73.5 Å². The molecule has 0 radical (unpaired) electrons. The van der Waals surface area contributed by atoms with Gasteiger partial charge in [-0.1, -0.05) is 35.9 Å². The van der Waals surface area contributed by atoms with E-state index >= 15 is 0 Å². The van der Waals surface area contributed by atoms with Gasteiger partial charge in [-0.25, -0.2) is 4.79 Å². The summed E-state index contributed by atoms with van der Waals surface area (Å²) in [7, 11) is 3.05. The SMILES string of the molecule is CO[C@@]1(C(=O)O)CC(=O)N(C)CCC/C=C/[C@H](O)[C@@H]2CC[C@H]2CN2C[C@@]3(CCCc4cc(Cl)ccc43)COc3ccc1cc32. The van der Waals surface area contributed by atoms with Crippen molar-refractivity contribution in [2.75, 3.05) is 45.3 Å². The maximum atomic E-state index is 13.4. The van der Waals surface area contributed by atoms with Gasteiger partial charge < -0.3 is 29.5 Å². The minimum absolute atomic E-state index is 0.146. The molecule has 4 aliphatic rings. The summed E-state index contributed by atoms with van der Waals surface area (Å²) >= 11 is 6.42. The Balaban J connectivity index is 1.46. The maximum absolute atomic E-state index is 13.4. The number of aliphatic hydroxyl groups is 1. The summed E-state index contributed by atoms with van der Waals surface area (Å²) in [6, 6.07) is 11.6. The Bertz CT molecular complexity index is 1450. The Morgan fingerprint density at radius 1 is 1.16 bits per heavy atom. The number of hydrogen-bond donors (Lipinski definition) is 2. The van der Waals surface area contributed by atoms with E-state index in [4.69, 9.17) is 21.1 Å². The summed E-state index contributed by atoms with van der Waals surface area (Å²) < 4.78 is 12.4. The van der Waals surface area contributed by atoms with Crippen LogP contribution in [0.4, 0.5) is 5.69 Å². The van der Waals surface area contributed by atoms with Crippen LogP contribution in [0.15, 0.2) is 48.6 Å². The highest BCUT2D eigenvalue weighted by atomic mass is 35.5. The quantitative estimate of drug-likeness (QED) is 0.437. The second-order valence-electron chi connectivity index (χ2n) is 13.2. The predicted octanol–water partition coefficient (Wildman–Crippen LogP) is 5.33. The van der Waals surface area contributed by atoms with Gasteiger partial charge in [-0.15, -0.1) is 0 Å². The van der Waals surface area contributed by atoms with E-state index in [1.165, 1.54) is 18.2 Å². The van der Waals surface area contributed by atoms with E-state index in [0.29, 0.717) is 44.0 Å². The Kier molecular flexibility index (Phi) is 8.70. The van der Waals surface area contributed by atoms with Gasteiger partial charge in [-0.05, 0) is 97.7 Å². The first-order valence-electron chi connectivity index (χ1n) is 15.8. The molecule has 0 aromatic heterocycles. The molecule has 1 amide bonds. The van der Waals surface area contributed by atoms with Crippen molar-refractivity contribution in [3.05, 3.63) is 70.3 Å². The topological polar surface area (TPSA) is 99.5 Å². The summed E-state index contributed by atoms with van der Waals surface area (Å²) in [4.78, 5) is 30.2. The van der Waals surface area contributed by atoms with Gasteiger partial charge in [-0.3, -0.25) is 4.79 Å². The number of carboxylic acid groups (broad SMARTS) is 1. The molecule has 2 aliphatic heterocycles. The van der Waals surface area contributed by atoms with Gasteiger partial charge in [0.1, 0.15) is 5.75 Å². The smallest absolute Gasteiger partial charge is 0.341 e. The first-order valence-corrected chi connectivity index (χ1v) is 16.2. The molecule has 2 bridgehead atoms. The third-order valence-electron chi connectivity index (χ3n) is 10.6. The van der Waals surface area contributed by atoms with Crippen LogP contribution in [-0.2, 0) is 31.8 Å². The summed E-state index contributed by atoms with van der Waals surface area (Å²) in [6.45, 7) is 2.35. The zero-order chi connectivity index (χ0) is 31.1. The van der Waals surface area contributed by atoms with E-state index in [1.807, 2.05) is 30.4 Å². The summed E-state index contributed by atoms with van der Waals surface area (Å²) in [5.74, 6) is -0.419. The minimum atomic E-state index is -1.85. The molecule has 9 heteroatoms. The number of allylic oxidation sites excluding steroid dienone is 1. The van der Waals surface area contributed by atoms with Gasteiger partial charge in [0.15, 0.2) is 5.60 Å². The lowest BCUT2D eigenvalue weighted by molar-refractivity contribution is -0.169. The lowest BCUT2D eigenvalue weighted by Crippen LogP contribution is -2.49. The minimum Gasteiger partial charge on any atom is -0.490 e. The number of methoxy groups -OCH3 is 1. The highest BCUT2D eigenvalue weighted by Gasteiger charge is 2.47. The molecular formula is C35H43ClN2O6. The average molecular weight is 623 g/mol. The number of aliphatic carboxylic acids is 1. The van der Waals surface area contributed by atoms with Crippen molar-refractivity contribution in [3.63, 3.8) is 0 Å². The van der Waals surface area contributed by atoms with Crippen molar-refractivity contribution in [1.82, 2.24) is 4.90 Å². The monoisotopic (exact) mass is 622 g/mol. The fourth-order valence-corrected chi connectivity index (χ4v) is 7.99. The number of fused-ring (bicyclic) bond motifs is 4. The first kappa shape index (κ1) is 30.9. The highest BCUT2D eigenvalue weighted by molar-refractivity contribution is 6.30. The number of anilines is 1. The van der Waals surface area contributed by atoms with Crippen LogP contribution in [0.25, 0.3) is 0 Å². The predicted molar refractivity (Wildman–Crippen MR) is 169 cm³/mol. The van der Waals surface area contributed by atoms with Crippen molar-refractivity contribution in [2.45, 2.75) is 68.5 Å². The first-order chi connectivity index (χ1) is 21.2. The van der Waals surface area contributed by atoms with Crippen molar-refractivity contribution < 1.29 is 29.3 Å². The Hall–Kier alpha value is -3.07. The molecule has 1 fully saturated rings. The molecule has 2 aromatic carbocycles. The molecule has 2 aromatic rings. The number of benzene rings is 2. The number of carbonyl (C=O) groups is 2. The van der Waals surface area contributed by atoms with E-state index in [-0.39, 0.29) is 29.6 Å². The lowest BCUT2D eigenvalue weighted by atomic mass is 9.68. The van der Waals surface area contributed by atoms with E-state index in [9.17, 15) is 19.8 Å². The fourth-order valence-electron chi connectivity index (χ4n) is 7.80. The Labute approximate surface area is 264 Å². The van der Waals surface area contributed by atoms with Crippen LogP contribution < -0.4 is 9.64 Å². The van der Waals surface area contributed by atoms with E-state index in [1.54, 1.807) is 18.0 Å². The van der Waals surface area contributed by atoms with Crippen LogP contribution in [0.1, 0.15) is 61.6 Å². The number of aryl methyl sites for hydroxylation is 1. The second-order valence-corrected chi connectivity index (χ2v) is 13.6. The number of amides is 1. The van der Waals surface area contributed by atoms with E-state index < -0.39 is 17.7 Å². The van der Waals surface area contributed by atoms with Gasteiger partial charge in [0.25, 0.3) is 0 Å². The third kappa shape index (κ3) is 5.61. The maximum Gasteiger partial charge on any atom is 0.341 e. The van der Waals surface area contributed by atoms with Crippen LogP contribution >= 0.6 is 11.6 Å². The number of carboxylic acids is 1. The van der Waals surface area contributed by atoms with Crippen molar-refractivity contribution in [3.8, 4) is 5.75 Å². The number of nitrogens with zero attached hydrogens (tertiary/aromatic N) is 2. The lowest BCUT2D eigenvalue weighted by Gasteiger charge is -2.45.